The fraction of sp³-hybridized carbons (Fsp3) is 0.125. The molecule has 5 heteroatoms. The van der Waals surface area contributed by atoms with Crippen LogP contribution in [0.4, 0.5) is 13.2 Å². The van der Waals surface area contributed by atoms with E-state index in [1.54, 1.807) is 0 Å². The van der Waals surface area contributed by atoms with Crippen LogP contribution in [0.25, 0.3) is 0 Å². The van der Waals surface area contributed by atoms with Crippen molar-refractivity contribution in [2.45, 2.75) is 6.18 Å². The van der Waals surface area contributed by atoms with Gasteiger partial charge in [0.05, 0.1) is 10.6 Å². The Bertz CT molecular complexity index is 333. The zero-order chi connectivity index (χ0) is 10.1. The van der Waals surface area contributed by atoms with Gasteiger partial charge in [-0.05, 0) is 18.2 Å². The number of halogens is 4. The normalized spacial score (nSPS) is 11.4. The average molecular weight is 208 g/mol. The Morgan fingerprint density at radius 1 is 1.31 bits per heavy atom. The van der Waals surface area contributed by atoms with Crippen LogP contribution in [0, 0.1) is 0 Å². The molecule has 1 aromatic carbocycles. The van der Waals surface area contributed by atoms with Gasteiger partial charge < -0.3 is 0 Å². The molecule has 1 aromatic rings. The average Bonchev–Trinajstić information content (AvgIpc) is 2.02. The van der Waals surface area contributed by atoms with Crippen LogP contribution >= 0.6 is 11.6 Å². The van der Waals surface area contributed by atoms with Crippen molar-refractivity contribution in [2.75, 3.05) is 0 Å². The minimum Gasteiger partial charge on any atom is -0.285 e. The van der Waals surface area contributed by atoms with E-state index in [9.17, 15) is 18.0 Å². The third-order valence-electron chi connectivity index (χ3n) is 1.41. The lowest BCUT2D eigenvalue weighted by atomic mass is 10.1. The second-order valence-electron chi connectivity index (χ2n) is 2.29. The summed E-state index contributed by atoms with van der Waals surface area (Å²) in [5.74, 6) is 0. The maximum absolute atomic E-state index is 12.0. The first-order chi connectivity index (χ1) is 5.95. The van der Waals surface area contributed by atoms with Crippen molar-refractivity contribution in [2.24, 2.45) is 0 Å². The number of rotatable bonds is 1. The van der Waals surface area contributed by atoms with Gasteiger partial charge in [0.15, 0.2) is 0 Å². The van der Waals surface area contributed by atoms with Gasteiger partial charge in [-0.25, -0.2) is 0 Å². The van der Waals surface area contributed by atoms with Crippen LogP contribution < -0.4 is 0 Å². The van der Waals surface area contributed by atoms with Gasteiger partial charge in [-0.15, -0.1) is 0 Å². The molecule has 0 fully saturated rings. The van der Waals surface area contributed by atoms with Gasteiger partial charge in [0.1, 0.15) is 0 Å². The van der Waals surface area contributed by atoms with Crippen molar-refractivity contribution >= 4 is 17.9 Å². The van der Waals surface area contributed by atoms with E-state index in [4.69, 9.17) is 11.6 Å². The van der Waals surface area contributed by atoms with E-state index < -0.39 is 11.7 Å². The second kappa shape index (κ2) is 3.38. The van der Waals surface area contributed by atoms with Crippen LogP contribution in [0.1, 0.15) is 11.1 Å². The Hall–Kier alpha value is -1.03. The molecule has 0 amide bonds. The summed E-state index contributed by atoms with van der Waals surface area (Å²) in [6, 6.07) is 2.46. The van der Waals surface area contributed by atoms with Gasteiger partial charge in [-0.3, -0.25) is 4.79 Å². The lowest BCUT2D eigenvalue weighted by molar-refractivity contribution is -0.137. The molecule has 69 valence electrons. The van der Waals surface area contributed by atoms with E-state index in [0.717, 1.165) is 12.1 Å². The maximum atomic E-state index is 12.0. The van der Waals surface area contributed by atoms with Gasteiger partial charge in [0.25, 0.3) is 0 Å². The molecule has 0 aromatic heterocycles. The molecule has 0 atom stereocenters. The zero-order valence-corrected chi connectivity index (χ0v) is 6.91. The summed E-state index contributed by atoms with van der Waals surface area (Å²) in [6.07, 6.45) is -3.01. The Labute approximate surface area is 77.1 Å². The predicted octanol–water partition coefficient (Wildman–Crippen LogP) is 2.82. The SMILES string of the molecule is O=[C]c1ccc(C(F)(F)F)cc1Cl. The van der Waals surface area contributed by atoms with Crippen LogP contribution in [-0.2, 0) is 11.0 Å². The molecule has 0 aliphatic heterocycles. The topological polar surface area (TPSA) is 17.1 Å². The molecule has 0 bridgehead atoms. The molecule has 0 aliphatic rings. The largest absolute Gasteiger partial charge is 0.416 e. The van der Waals surface area contributed by atoms with Crippen LogP contribution in [-0.4, -0.2) is 6.29 Å². The van der Waals surface area contributed by atoms with Gasteiger partial charge in [-0.2, -0.15) is 13.2 Å². The van der Waals surface area contributed by atoms with E-state index >= 15 is 0 Å². The molecule has 0 unspecified atom stereocenters. The maximum Gasteiger partial charge on any atom is 0.416 e. The minimum atomic E-state index is -4.44. The van der Waals surface area contributed by atoms with Crippen molar-refractivity contribution < 1.29 is 18.0 Å². The van der Waals surface area contributed by atoms with Crippen molar-refractivity contribution in [3.8, 4) is 0 Å². The molecule has 1 nitrogen and oxygen atoms in total. The van der Waals surface area contributed by atoms with Crippen molar-refractivity contribution in [3.05, 3.63) is 34.3 Å². The summed E-state index contributed by atoms with van der Waals surface area (Å²) in [5.41, 5.74) is -0.953. The molecule has 13 heavy (non-hydrogen) atoms. The molecule has 0 spiro atoms. The molecule has 0 aliphatic carbocycles. The third kappa shape index (κ3) is 2.21. The highest BCUT2D eigenvalue weighted by atomic mass is 35.5. The fourth-order valence-corrected chi connectivity index (χ4v) is 0.993. The highest BCUT2D eigenvalue weighted by Gasteiger charge is 2.30. The van der Waals surface area contributed by atoms with Gasteiger partial charge in [-0.1, -0.05) is 11.6 Å². The Morgan fingerprint density at radius 2 is 1.92 bits per heavy atom. The predicted molar refractivity (Wildman–Crippen MR) is 41.2 cm³/mol. The zero-order valence-electron chi connectivity index (χ0n) is 6.15. The van der Waals surface area contributed by atoms with Crippen LogP contribution in [0.3, 0.4) is 0 Å². The summed E-state index contributed by atoms with van der Waals surface area (Å²) in [4.78, 5) is 10.1. The monoisotopic (exact) mass is 207 g/mol. The van der Waals surface area contributed by atoms with Crippen LogP contribution in [0.15, 0.2) is 18.2 Å². The van der Waals surface area contributed by atoms with E-state index in [2.05, 4.69) is 0 Å². The van der Waals surface area contributed by atoms with Crippen LogP contribution in [0.5, 0.6) is 0 Å². The first-order valence-corrected chi connectivity index (χ1v) is 3.58. The number of alkyl halides is 3. The number of hydrogen-bond acceptors (Lipinski definition) is 1. The quantitative estimate of drug-likeness (QED) is 0.692. The van der Waals surface area contributed by atoms with Gasteiger partial charge >= 0.3 is 6.18 Å². The Kier molecular flexibility index (Phi) is 2.61. The Morgan fingerprint density at radius 3 is 2.31 bits per heavy atom. The number of benzene rings is 1. The van der Waals surface area contributed by atoms with Gasteiger partial charge in [0.2, 0.25) is 6.29 Å². The van der Waals surface area contributed by atoms with E-state index in [0.29, 0.717) is 6.07 Å². The lowest BCUT2D eigenvalue weighted by Gasteiger charge is -2.06. The number of carbonyl (C=O) groups excluding carboxylic acids is 1. The van der Waals surface area contributed by atoms with E-state index in [1.807, 2.05) is 0 Å². The standard InChI is InChI=1S/C8H3ClF3O/c9-7-3-6(8(10,11)12)2-1-5(7)4-13/h1-3H. The van der Waals surface area contributed by atoms with Crippen molar-refractivity contribution in [1.82, 2.24) is 0 Å². The highest BCUT2D eigenvalue weighted by Crippen LogP contribution is 2.31. The second-order valence-corrected chi connectivity index (χ2v) is 2.70. The van der Waals surface area contributed by atoms with E-state index in [1.165, 1.54) is 6.29 Å². The molecule has 0 saturated carbocycles. The molecular formula is C8H3ClF3O. The molecule has 1 rings (SSSR count). The lowest BCUT2D eigenvalue weighted by Crippen LogP contribution is -2.04. The highest BCUT2D eigenvalue weighted by molar-refractivity contribution is 6.33. The van der Waals surface area contributed by atoms with E-state index in [-0.39, 0.29) is 10.6 Å². The summed E-state index contributed by atoms with van der Waals surface area (Å²) in [7, 11) is 0. The summed E-state index contributed by atoms with van der Waals surface area (Å²) in [6.45, 7) is 0. The summed E-state index contributed by atoms with van der Waals surface area (Å²) >= 11 is 5.37. The molecule has 0 saturated heterocycles. The first kappa shape index (κ1) is 10.1. The van der Waals surface area contributed by atoms with Gasteiger partial charge in [0, 0.05) is 5.56 Å². The molecule has 0 N–H and O–H groups in total. The molecular weight excluding hydrogens is 205 g/mol. The van der Waals surface area contributed by atoms with Crippen LogP contribution in [0.2, 0.25) is 5.02 Å². The number of hydrogen-bond donors (Lipinski definition) is 0. The summed E-state index contributed by atoms with van der Waals surface area (Å²) in [5, 5.41) is -0.246. The third-order valence-corrected chi connectivity index (χ3v) is 1.72. The van der Waals surface area contributed by atoms with Crippen molar-refractivity contribution in [1.29, 1.82) is 0 Å². The van der Waals surface area contributed by atoms with Crippen molar-refractivity contribution in [3.63, 3.8) is 0 Å². The first-order valence-electron chi connectivity index (χ1n) is 3.20. The Balaban J connectivity index is 3.17. The minimum absolute atomic E-state index is 0.0744. The fourth-order valence-electron chi connectivity index (χ4n) is 0.774. The summed E-state index contributed by atoms with van der Waals surface area (Å²) < 4.78 is 36.1. The molecule has 1 radical (unpaired) electrons. The smallest absolute Gasteiger partial charge is 0.285 e. The molecule has 0 heterocycles.